The van der Waals surface area contributed by atoms with Crippen molar-refractivity contribution in [2.75, 3.05) is 83.5 Å². The van der Waals surface area contributed by atoms with Crippen molar-refractivity contribution in [2.24, 2.45) is 5.73 Å². The highest BCUT2D eigenvalue weighted by Crippen LogP contribution is 2.20. The summed E-state index contributed by atoms with van der Waals surface area (Å²) in [5.41, 5.74) is 17.3. The lowest BCUT2D eigenvalue weighted by atomic mass is 10.0. The fourth-order valence-corrected chi connectivity index (χ4v) is 11.4. The SMILES string of the molecule is CCCCCCCCCCCOC(=O)CCCCCN(CCCCCCCC(=O)OC(CCCCCCCC)CCCCCCCC)CC(O)CCCCNC(=O)CN(CCNC(=O)CN(CCN)C(=O)Cn1ccc(N)nc1=O)C(=O)Cn1cnc2c(N)ncnc21. The van der Waals surface area contributed by atoms with Gasteiger partial charge in [0.15, 0.2) is 11.5 Å². The molecule has 0 fully saturated rings. The lowest BCUT2D eigenvalue weighted by Gasteiger charge is -2.25. The Morgan fingerprint density at radius 1 is 0.570 bits per heavy atom. The first-order valence-electron chi connectivity index (χ1n) is 36.0. The Morgan fingerprint density at radius 2 is 1.08 bits per heavy atom. The van der Waals surface area contributed by atoms with Gasteiger partial charge in [0.05, 0.1) is 32.1 Å². The molecule has 24 nitrogen and oxygen atoms in total. The summed E-state index contributed by atoms with van der Waals surface area (Å²) in [6, 6.07) is 1.38. The molecule has 9 N–H and O–H groups in total. The van der Waals surface area contributed by atoms with E-state index < -0.39 is 35.4 Å². The van der Waals surface area contributed by atoms with Crippen LogP contribution in [-0.2, 0) is 51.3 Å². The Balaban J connectivity index is 1.51. The number of esters is 2. The summed E-state index contributed by atoms with van der Waals surface area (Å²) < 4.78 is 14.2. The topological polar surface area (TPSA) is 331 Å². The van der Waals surface area contributed by atoms with Gasteiger partial charge in [-0.2, -0.15) is 4.98 Å². The number of ether oxygens (including phenoxy) is 2. The number of nitrogens with zero attached hydrogens (tertiary/aromatic N) is 9. The molecule has 0 aliphatic carbocycles. The van der Waals surface area contributed by atoms with Crippen molar-refractivity contribution in [3.8, 4) is 0 Å². The van der Waals surface area contributed by atoms with Crippen LogP contribution in [0.15, 0.2) is 29.7 Å². The van der Waals surface area contributed by atoms with Crippen molar-refractivity contribution in [3.05, 3.63) is 35.4 Å². The molecular formula is C69H122N14O10. The van der Waals surface area contributed by atoms with Crippen molar-refractivity contribution in [1.29, 1.82) is 0 Å². The predicted octanol–water partition coefficient (Wildman–Crippen LogP) is 9.32. The van der Waals surface area contributed by atoms with Gasteiger partial charge in [-0.05, 0) is 96.2 Å². The number of aliphatic hydroxyl groups is 1. The number of carbonyl (C=O) groups is 6. The third kappa shape index (κ3) is 38.6. The Bertz CT molecular complexity index is 2550. The van der Waals surface area contributed by atoms with E-state index in [-0.39, 0.29) is 82.0 Å². The van der Waals surface area contributed by atoms with E-state index in [4.69, 9.17) is 26.7 Å². The molecule has 0 spiro atoms. The first kappa shape index (κ1) is 81.0. The maximum atomic E-state index is 13.9. The van der Waals surface area contributed by atoms with E-state index in [2.05, 4.69) is 56.2 Å². The molecule has 3 rings (SSSR count). The highest BCUT2D eigenvalue weighted by atomic mass is 16.5. The number of imidazole rings is 1. The second-order valence-corrected chi connectivity index (χ2v) is 25.2. The number of aromatic nitrogens is 6. The van der Waals surface area contributed by atoms with Crippen LogP contribution in [0.1, 0.15) is 252 Å². The molecule has 0 aromatic carbocycles. The van der Waals surface area contributed by atoms with E-state index >= 15 is 0 Å². The second kappa shape index (κ2) is 52.1. The molecule has 1 unspecified atom stereocenters. The molecule has 3 aromatic rings. The molecule has 0 radical (unpaired) electrons. The molecule has 4 amide bonds. The molecule has 24 heteroatoms. The van der Waals surface area contributed by atoms with Crippen LogP contribution >= 0.6 is 0 Å². The van der Waals surface area contributed by atoms with Crippen LogP contribution in [0.25, 0.3) is 11.2 Å². The minimum Gasteiger partial charge on any atom is -0.466 e. The third-order valence-electron chi connectivity index (χ3n) is 16.9. The average molecular weight is 1310 g/mol. The molecule has 528 valence electrons. The number of carbonyl (C=O) groups excluding carboxylic acids is 6. The van der Waals surface area contributed by atoms with Crippen LogP contribution in [0.2, 0.25) is 0 Å². The Morgan fingerprint density at radius 3 is 1.67 bits per heavy atom. The Kier molecular flexibility index (Phi) is 45.3. The molecular weight excluding hydrogens is 1180 g/mol. The summed E-state index contributed by atoms with van der Waals surface area (Å²) in [7, 11) is 0. The van der Waals surface area contributed by atoms with Crippen molar-refractivity contribution >= 4 is 58.4 Å². The smallest absolute Gasteiger partial charge is 0.349 e. The fourth-order valence-electron chi connectivity index (χ4n) is 11.4. The first-order chi connectivity index (χ1) is 45.2. The molecule has 0 bridgehead atoms. The molecule has 0 aliphatic heterocycles. The molecule has 0 saturated carbocycles. The summed E-state index contributed by atoms with van der Waals surface area (Å²) in [6.45, 7) is 8.23. The summed E-state index contributed by atoms with van der Waals surface area (Å²) in [6.07, 6.45) is 40.9. The normalized spacial score (nSPS) is 11.8. The number of hydrogen-bond donors (Lipinski definition) is 6. The molecule has 0 saturated heterocycles. The van der Waals surface area contributed by atoms with Crippen LogP contribution in [0.3, 0.4) is 0 Å². The van der Waals surface area contributed by atoms with Crippen molar-refractivity contribution in [2.45, 2.75) is 277 Å². The number of anilines is 2. The van der Waals surface area contributed by atoms with Gasteiger partial charge in [0.2, 0.25) is 23.6 Å². The standard InChI is InChI=1S/C69H122N14O10/c1-4-7-10-13-16-17-18-24-34-49-92-64(89)38-29-25-33-45-79(44-32-23-19-22-28-39-65(90)93-58(36-26-20-14-11-8-5-2)37-27-21-15-12-9-6-3)50-57(84)35-30-31-42-73-60(85)52-81(63(88)54-83-56-77-66-67(72)75-55-76-68(66)83)48-43-74-61(86)51-80(47-41-70)62(87)53-82-46-40-59(71)78-69(82)91/h40,46,55-58,84H,4-39,41-45,47-54,70H2,1-3H3,(H,73,85)(H,74,86)(H2,71,78,91)(H2,72,75,76). The number of aliphatic hydroxyl groups excluding tert-OH is 1. The van der Waals surface area contributed by atoms with Crippen LogP contribution < -0.4 is 33.5 Å². The van der Waals surface area contributed by atoms with Crippen LogP contribution in [0.5, 0.6) is 0 Å². The summed E-state index contributed by atoms with van der Waals surface area (Å²) in [4.78, 5) is 113. The van der Waals surface area contributed by atoms with Crippen LogP contribution in [0.4, 0.5) is 11.6 Å². The zero-order chi connectivity index (χ0) is 67.5. The molecule has 3 aromatic heterocycles. The van der Waals surface area contributed by atoms with Gasteiger partial charge in [-0.1, -0.05) is 162 Å². The van der Waals surface area contributed by atoms with E-state index in [0.717, 1.165) is 108 Å². The summed E-state index contributed by atoms with van der Waals surface area (Å²) in [5, 5.41) is 17.0. The number of rotatable bonds is 59. The van der Waals surface area contributed by atoms with Crippen molar-refractivity contribution in [3.63, 3.8) is 0 Å². The summed E-state index contributed by atoms with van der Waals surface area (Å²) in [5.74, 6) is -2.03. The van der Waals surface area contributed by atoms with Gasteiger partial charge in [-0.25, -0.2) is 19.7 Å². The average Bonchev–Trinajstić information content (AvgIpc) is 1.71. The minimum atomic E-state index is -0.720. The number of nitrogen functional groups attached to an aromatic ring is 2. The highest BCUT2D eigenvalue weighted by Gasteiger charge is 2.23. The number of nitrogens with two attached hydrogens (primary N) is 3. The van der Waals surface area contributed by atoms with Gasteiger partial charge in [-0.3, -0.25) is 33.3 Å². The molecule has 1 atom stereocenters. The lowest BCUT2D eigenvalue weighted by molar-refractivity contribution is -0.150. The maximum Gasteiger partial charge on any atom is 0.349 e. The van der Waals surface area contributed by atoms with E-state index in [9.17, 15) is 38.7 Å². The highest BCUT2D eigenvalue weighted by molar-refractivity contribution is 5.87. The van der Waals surface area contributed by atoms with Gasteiger partial charge in [0.25, 0.3) is 0 Å². The Hall–Kier alpha value is -6.27. The number of nitrogens with one attached hydrogen (secondary N) is 2. The Labute approximate surface area is 555 Å². The zero-order valence-electron chi connectivity index (χ0n) is 57.5. The number of fused-ring (bicyclic) bond motifs is 1. The predicted molar refractivity (Wildman–Crippen MR) is 367 cm³/mol. The number of amides is 4. The van der Waals surface area contributed by atoms with E-state index in [1.165, 1.54) is 148 Å². The van der Waals surface area contributed by atoms with Gasteiger partial charge in [-0.15, -0.1) is 0 Å². The van der Waals surface area contributed by atoms with E-state index in [1.807, 2.05) is 0 Å². The maximum absolute atomic E-state index is 13.9. The van der Waals surface area contributed by atoms with Crippen LogP contribution in [-0.4, -0.2) is 169 Å². The van der Waals surface area contributed by atoms with Gasteiger partial charge in [0.1, 0.15) is 36.9 Å². The van der Waals surface area contributed by atoms with E-state index in [0.29, 0.717) is 63.0 Å². The lowest BCUT2D eigenvalue weighted by Crippen LogP contribution is -2.48. The third-order valence-corrected chi connectivity index (χ3v) is 16.9. The van der Waals surface area contributed by atoms with Crippen LogP contribution in [0, 0.1) is 0 Å². The largest absolute Gasteiger partial charge is 0.466 e. The van der Waals surface area contributed by atoms with Crippen molar-refractivity contribution < 1.29 is 43.3 Å². The monoisotopic (exact) mass is 1310 g/mol. The fraction of sp³-hybridized carbons (Fsp3) is 0.783. The molecule has 0 aliphatic rings. The van der Waals surface area contributed by atoms with Crippen molar-refractivity contribution in [1.82, 2.24) is 54.4 Å². The number of unbranched alkanes of at least 4 members (excludes halogenated alkanes) is 25. The van der Waals surface area contributed by atoms with Gasteiger partial charge < -0.3 is 61.7 Å². The van der Waals surface area contributed by atoms with Gasteiger partial charge >= 0.3 is 17.6 Å². The molecule has 93 heavy (non-hydrogen) atoms. The quantitative estimate of drug-likeness (QED) is 0.0226. The summed E-state index contributed by atoms with van der Waals surface area (Å²) >= 11 is 0. The minimum absolute atomic E-state index is 0.00651. The second-order valence-electron chi connectivity index (χ2n) is 25.2. The number of hydrogen-bond acceptors (Lipinski definition) is 18. The van der Waals surface area contributed by atoms with E-state index in [1.54, 1.807) is 0 Å². The first-order valence-corrected chi connectivity index (χ1v) is 36.0. The zero-order valence-corrected chi connectivity index (χ0v) is 57.5. The molecule has 3 heterocycles. The van der Waals surface area contributed by atoms with Gasteiger partial charge in [0, 0.05) is 58.3 Å².